The number of carboxylic acids is 1. The summed E-state index contributed by atoms with van der Waals surface area (Å²) in [7, 11) is 1.40. The van der Waals surface area contributed by atoms with Crippen LogP contribution in [0.4, 0.5) is 0 Å². The first-order chi connectivity index (χ1) is 15.9. The molecule has 3 rings (SSSR count). The first-order valence-electron chi connectivity index (χ1n) is 11.0. The summed E-state index contributed by atoms with van der Waals surface area (Å²) in [6.07, 6.45) is 5.15. The predicted molar refractivity (Wildman–Crippen MR) is 128 cm³/mol. The molecule has 0 aliphatic rings. The van der Waals surface area contributed by atoms with Crippen LogP contribution in [-0.2, 0) is 29.1 Å². The Labute approximate surface area is 194 Å². The summed E-state index contributed by atoms with van der Waals surface area (Å²) in [6, 6.07) is 15.9. The molecule has 0 saturated carbocycles. The molecule has 0 spiro atoms. The molecular weight excluding hydrogens is 418 g/mol. The second-order valence-electron chi connectivity index (χ2n) is 8.50. The van der Waals surface area contributed by atoms with E-state index in [1.54, 1.807) is 13.1 Å². The number of aromatic nitrogens is 2. The third-order valence-electron chi connectivity index (χ3n) is 5.29. The molecule has 0 amide bonds. The molecule has 2 aromatic carbocycles. The zero-order valence-corrected chi connectivity index (χ0v) is 19.6. The highest BCUT2D eigenvalue weighted by Gasteiger charge is 2.22. The maximum absolute atomic E-state index is 11.5. The van der Waals surface area contributed by atoms with Crippen LogP contribution in [0.1, 0.15) is 37.5 Å². The van der Waals surface area contributed by atoms with Crippen LogP contribution in [0.5, 0.6) is 5.75 Å². The number of rotatable bonds is 11. The summed E-state index contributed by atoms with van der Waals surface area (Å²) in [4.78, 5) is 16.3. The monoisotopic (exact) mass is 449 g/mol. The van der Waals surface area contributed by atoms with Crippen molar-refractivity contribution in [2.24, 2.45) is 17.0 Å². The van der Waals surface area contributed by atoms with Gasteiger partial charge in [-0.15, -0.1) is 0 Å². The number of aliphatic carboxylic acids is 1. The number of nitrogens with zero attached hydrogens (tertiary/aromatic N) is 3. The van der Waals surface area contributed by atoms with Crippen LogP contribution >= 0.6 is 0 Å². The summed E-state index contributed by atoms with van der Waals surface area (Å²) >= 11 is 0. The number of oxime groups is 1. The summed E-state index contributed by atoms with van der Waals surface area (Å²) in [5, 5.41) is 17.7. The molecule has 7 nitrogen and oxygen atoms in total. The Morgan fingerprint density at radius 2 is 1.67 bits per heavy atom. The van der Waals surface area contributed by atoms with E-state index in [4.69, 9.17) is 9.57 Å². The third kappa shape index (κ3) is 6.94. The molecule has 0 radical (unpaired) electrons. The quantitative estimate of drug-likeness (QED) is 0.332. The van der Waals surface area contributed by atoms with Gasteiger partial charge in [0.2, 0.25) is 0 Å². The average molecular weight is 450 g/mol. The Bertz CT molecular complexity index is 1070. The standard InChI is InChI=1S/C26H31N3O4/c1-18(2)13-20-5-9-23(10-6-20)29-16-22(15-27-29)17-33-24-11-7-21(8-12-24)14-25(26(30)31)19(3)28-32-4/h5-12,15-16,18,25H,13-14,17H2,1-4H3,(H,30,31)/b28-19+. The molecule has 1 aromatic heterocycles. The highest BCUT2D eigenvalue weighted by molar-refractivity contribution is 6.00. The lowest BCUT2D eigenvalue weighted by atomic mass is 9.95. The number of ether oxygens (including phenoxy) is 1. The van der Waals surface area contributed by atoms with Crippen molar-refractivity contribution in [3.8, 4) is 11.4 Å². The predicted octanol–water partition coefficient (Wildman–Crippen LogP) is 4.92. The highest BCUT2D eigenvalue weighted by atomic mass is 16.6. The zero-order valence-electron chi connectivity index (χ0n) is 19.6. The first-order valence-corrected chi connectivity index (χ1v) is 11.0. The van der Waals surface area contributed by atoms with Crippen LogP contribution in [0, 0.1) is 11.8 Å². The van der Waals surface area contributed by atoms with Gasteiger partial charge in [-0.1, -0.05) is 43.3 Å². The normalized spacial score (nSPS) is 12.6. The van der Waals surface area contributed by atoms with E-state index >= 15 is 0 Å². The summed E-state index contributed by atoms with van der Waals surface area (Å²) in [5.41, 5.74) is 4.61. The smallest absolute Gasteiger partial charge is 0.312 e. The molecule has 1 unspecified atom stereocenters. The van der Waals surface area contributed by atoms with E-state index in [1.807, 2.05) is 35.1 Å². The molecule has 1 atom stereocenters. The van der Waals surface area contributed by atoms with Crippen molar-refractivity contribution in [3.05, 3.63) is 77.6 Å². The largest absolute Gasteiger partial charge is 0.489 e. The fourth-order valence-corrected chi connectivity index (χ4v) is 3.58. The summed E-state index contributed by atoms with van der Waals surface area (Å²) in [5.74, 6) is -0.327. The van der Waals surface area contributed by atoms with E-state index in [0.29, 0.717) is 30.4 Å². The lowest BCUT2D eigenvalue weighted by Crippen LogP contribution is -2.24. The zero-order chi connectivity index (χ0) is 23.8. The maximum Gasteiger partial charge on any atom is 0.312 e. The Balaban J connectivity index is 1.57. The summed E-state index contributed by atoms with van der Waals surface area (Å²) < 4.78 is 7.73. The van der Waals surface area contributed by atoms with Crippen molar-refractivity contribution >= 4 is 11.7 Å². The van der Waals surface area contributed by atoms with Crippen molar-refractivity contribution in [1.82, 2.24) is 9.78 Å². The van der Waals surface area contributed by atoms with E-state index in [-0.39, 0.29) is 0 Å². The van der Waals surface area contributed by atoms with E-state index in [1.165, 1.54) is 12.7 Å². The van der Waals surface area contributed by atoms with E-state index < -0.39 is 11.9 Å². The number of carboxylic acid groups (broad SMARTS) is 1. The minimum atomic E-state index is -0.930. The van der Waals surface area contributed by atoms with Crippen molar-refractivity contribution in [1.29, 1.82) is 0 Å². The van der Waals surface area contributed by atoms with Crippen molar-refractivity contribution in [3.63, 3.8) is 0 Å². The maximum atomic E-state index is 11.5. The van der Waals surface area contributed by atoms with Gasteiger partial charge in [-0.2, -0.15) is 5.10 Å². The molecule has 0 fully saturated rings. The van der Waals surface area contributed by atoms with Crippen LogP contribution in [0.2, 0.25) is 0 Å². The number of hydrogen-bond donors (Lipinski definition) is 1. The van der Waals surface area contributed by atoms with E-state index in [2.05, 4.69) is 48.4 Å². The van der Waals surface area contributed by atoms with Gasteiger partial charge >= 0.3 is 5.97 Å². The molecule has 0 aliphatic heterocycles. The first kappa shape index (κ1) is 24.0. The van der Waals surface area contributed by atoms with E-state index in [9.17, 15) is 9.90 Å². The average Bonchev–Trinajstić information content (AvgIpc) is 3.26. The minimum absolute atomic E-state index is 0.330. The van der Waals surface area contributed by atoms with Crippen molar-refractivity contribution in [2.45, 2.75) is 40.2 Å². The molecule has 174 valence electrons. The lowest BCUT2D eigenvalue weighted by molar-refractivity contribution is -0.139. The Hall–Kier alpha value is -3.61. The number of benzene rings is 2. The van der Waals surface area contributed by atoms with Gasteiger partial charge in [0, 0.05) is 11.8 Å². The molecular formula is C26H31N3O4. The lowest BCUT2D eigenvalue weighted by Gasteiger charge is -2.12. The second-order valence-corrected chi connectivity index (χ2v) is 8.50. The van der Waals surface area contributed by atoms with Gasteiger partial charge < -0.3 is 14.7 Å². The van der Waals surface area contributed by atoms with Crippen molar-refractivity contribution < 1.29 is 19.5 Å². The van der Waals surface area contributed by atoms with Crippen LogP contribution in [-0.4, -0.2) is 33.7 Å². The fourth-order valence-electron chi connectivity index (χ4n) is 3.58. The van der Waals surface area contributed by atoms with Crippen molar-refractivity contribution in [2.75, 3.05) is 7.11 Å². The summed E-state index contributed by atoms with van der Waals surface area (Å²) in [6.45, 7) is 6.47. The Kier molecular flexibility index (Phi) is 8.24. The SMILES string of the molecule is CO/N=C(\C)C(Cc1ccc(OCc2cnn(-c3ccc(CC(C)C)cc3)c2)cc1)C(=O)O. The topological polar surface area (TPSA) is 85.9 Å². The van der Waals surface area contributed by atoms with Crippen LogP contribution in [0.15, 0.2) is 66.1 Å². The number of hydrogen-bond acceptors (Lipinski definition) is 5. The van der Waals surface area contributed by atoms with Gasteiger partial charge in [0.1, 0.15) is 25.4 Å². The molecule has 0 saturated heterocycles. The van der Waals surface area contributed by atoms with Crippen LogP contribution < -0.4 is 4.74 Å². The molecule has 3 aromatic rings. The van der Waals surface area contributed by atoms with Gasteiger partial charge in [0.05, 0.1) is 17.6 Å². The third-order valence-corrected chi connectivity index (χ3v) is 5.29. The molecule has 0 bridgehead atoms. The Morgan fingerprint density at radius 3 is 2.27 bits per heavy atom. The number of carbonyl (C=O) groups is 1. The molecule has 1 heterocycles. The molecule has 7 heteroatoms. The minimum Gasteiger partial charge on any atom is -0.489 e. The van der Waals surface area contributed by atoms with Gasteiger partial charge in [0.25, 0.3) is 0 Å². The van der Waals surface area contributed by atoms with E-state index in [0.717, 1.165) is 23.2 Å². The Morgan fingerprint density at radius 1 is 1.03 bits per heavy atom. The van der Waals surface area contributed by atoms with Gasteiger partial charge in [-0.05, 0) is 61.1 Å². The highest BCUT2D eigenvalue weighted by Crippen LogP contribution is 2.19. The second kappa shape index (κ2) is 11.3. The van der Waals surface area contributed by atoms with Crippen LogP contribution in [0.25, 0.3) is 5.69 Å². The molecule has 33 heavy (non-hydrogen) atoms. The van der Waals surface area contributed by atoms with Crippen LogP contribution in [0.3, 0.4) is 0 Å². The van der Waals surface area contributed by atoms with Gasteiger partial charge in [0.15, 0.2) is 0 Å². The van der Waals surface area contributed by atoms with Gasteiger partial charge in [-0.25, -0.2) is 4.68 Å². The molecule has 1 N–H and O–H groups in total. The molecule has 0 aliphatic carbocycles. The van der Waals surface area contributed by atoms with Gasteiger partial charge in [-0.3, -0.25) is 4.79 Å². The fraction of sp³-hybridized carbons (Fsp3) is 0.346.